The number of benzene rings is 1. The maximum absolute atomic E-state index is 11.9. The summed E-state index contributed by atoms with van der Waals surface area (Å²) < 4.78 is 0. The van der Waals surface area contributed by atoms with Gasteiger partial charge in [0, 0.05) is 17.8 Å². The van der Waals surface area contributed by atoms with E-state index in [0.29, 0.717) is 24.9 Å². The Morgan fingerprint density at radius 2 is 2.05 bits per heavy atom. The van der Waals surface area contributed by atoms with E-state index in [4.69, 9.17) is 5.11 Å². The molecule has 0 radical (unpaired) electrons. The number of anilines is 2. The molecule has 6 heteroatoms. The third-order valence-corrected chi connectivity index (χ3v) is 3.71. The highest BCUT2D eigenvalue weighted by molar-refractivity contribution is 5.99. The quantitative estimate of drug-likeness (QED) is 0.772. The number of nitrogens with one attached hydrogen (secondary N) is 2. The molecule has 1 aliphatic heterocycles. The average molecular weight is 274 g/mol. The minimum atomic E-state index is -0.918. The Kier molecular flexibility index (Phi) is 2.93. The van der Waals surface area contributed by atoms with Gasteiger partial charge in [-0.25, -0.2) is 0 Å². The minimum absolute atomic E-state index is 0.00318. The summed E-state index contributed by atoms with van der Waals surface area (Å²) in [6.07, 6.45) is 1.49. The summed E-state index contributed by atoms with van der Waals surface area (Å²) in [5.74, 6) is -2.15. The van der Waals surface area contributed by atoms with Crippen molar-refractivity contribution in [3.63, 3.8) is 0 Å². The number of aliphatic carboxylic acids is 1. The molecule has 0 spiro atoms. The van der Waals surface area contributed by atoms with Crippen LogP contribution in [0.4, 0.5) is 11.4 Å². The molecule has 0 bridgehead atoms. The number of carbonyl (C=O) groups is 3. The second-order valence-electron chi connectivity index (χ2n) is 5.20. The third kappa shape index (κ3) is 2.36. The fraction of sp³-hybridized carbons (Fsp3) is 0.357. The maximum atomic E-state index is 11.9. The Morgan fingerprint density at radius 1 is 1.25 bits per heavy atom. The topological polar surface area (TPSA) is 95.5 Å². The molecular formula is C14H14N2O4. The Hall–Kier alpha value is -2.37. The average Bonchev–Trinajstić information content (AvgIpc) is 3.19. The van der Waals surface area contributed by atoms with Crippen LogP contribution >= 0.6 is 0 Å². The van der Waals surface area contributed by atoms with Crippen LogP contribution in [0.3, 0.4) is 0 Å². The molecular weight excluding hydrogens is 260 g/mol. The van der Waals surface area contributed by atoms with E-state index in [1.807, 2.05) is 6.07 Å². The maximum Gasteiger partial charge on any atom is 0.307 e. The van der Waals surface area contributed by atoms with Gasteiger partial charge < -0.3 is 15.7 Å². The fourth-order valence-electron chi connectivity index (χ4n) is 2.45. The van der Waals surface area contributed by atoms with Crippen LogP contribution in [0.25, 0.3) is 0 Å². The van der Waals surface area contributed by atoms with Crippen LogP contribution in [0.15, 0.2) is 18.2 Å². The molecule has 2 amide bonds. The van der Waals surface area contributed by atoms with Crippen LogP contribution in [0.5, 0.6) is 0 Å². The van der Waals surface area contributed by atoms with Gasteiger partial charge in [-0.3, -0.25) is 14.4 Å². The Bertz CT molecular complexity index is 611. The van der Waals surface area contributed by atoms with E-state index < -0.39 is 17.8 Å². The highest BCUT2D eigenvalue weighted by atomic mass is 16.4. The normalized spacial score (nSPS) is 23.5. The Balaban J connectivity index is 1.68. The summed E-state index contributed by atoms with van der Waals surface area (Å²) >= 11 is 0. The molecule has 1 aliphatic carbocycles. The molecule has 2 atom stereocenters. The van der Waals surface area contributed by atoms with Gasteiger partial charge in [0.25, 0.3) is 0 Å². The van der Waals surface area contributed by atoms with E-state index in [-0.39, 0.29) is 11.8 Å². The third-order valence-electron chi connectivity index (χ3n) is 3.71. The molecule has 1 saturated carbocycles. The van der Waals surface area contributed by atoms with Gasteiger partial charge in [-0.2, -0.15) is 0 Å². The number of carbonyl (C=O) groups excluding carboxylic acids is 2. The molecule has 2 aliphatic rings. The zero-order valence-electron chi connectivity index (χ0n) is 10.7. The number of carboxylic acid groups (broad SMARTS) is 1. The summed E-state index contributed by atoms with van der Waals surface area (Å²) in [5.41, 5.74) is 2.39. The second kappa shape index (κ2) is 4.63. The lowest BCUT2D eigenvalue weighted by Crippen LogP contribution is -2.20. The molecule has 1 aromatic rings. The van der Waals surface area contributed by atoms with Crippen LogP contribution in [-0.2, 0) is 20.8 Å². The number of hydrogen-bond acceptors (Lipinski definition) is 3. The first-order chi connectivity index (χ1) is 9.54. The van der Waals surface area contributed by atoms with Gasteiger partial charge in [0.2, 0.25) is 11.8 Å². The second-order valence-corrected chi connectivity index (χ2v) is 5.20. The van der Waals surface area contributed by atoms with E-state index >= 15 is 0 Å². The Labute approximate surface area is 115 Å². The largest absolute Gasteiger partial charge is 0.481 e. The SMILES string of the molecule is O=C1CCc2cc(NC(=O)C3CC3C(=O)O)ccc2N1. The van der Waals surface area contributed by atoms with Crippen LogP contribution in [0.2, 0.25) is 0 Å². The van der Waals surface area contributed by atoms with Crippen molar-refractivity contribution in [1.82, 2.24) is 0 Å². The van der Waals surface area contributed by atoms with Gasteiger partial charge >= 0.3 is 5.97 Å². The molecule has 104 valence electrons. The monoisotopic (exact) mass is 274 g/mol. The fourth-order valence-corrected chi connectivity index (χ4v) is 2.45. The van der Waals surface area contributed by atoms with E-state index in [1.54, 1.807) is 12.1 Å². The smallest absolute Gasteiger partial charge is 0.307 e. The Morgan fingerprint density at radius 3 is 2.75 bits per heavy atom. The number of hydrogen-bond donors (Lipinski definition) is 3. The van der Waals surface area contributed by atoms with E-state index in [0.717, 1.165) is 11.3 Å². The van der Waals surface area contributed by atoms with Crippen molar-refractivity contribution in [1.29, 1.82) is 0 Å². The first-order valence-corrected chi connectivity index (χ1v) is 6.51. The van der Waals surface area contributed by atoms with Gasteiger partial charge in [0.1, 0.15) is 0 Å². The molecule has 1 heterocycles. The summed E-state index contributed by atoms with van der Waals surface area (Å²) in [5, 5.41) is 14.3. The minimum Gasteiger partial charge on any atom is -0.481 e. The van der Waals surface area contributed by atoms with Gasteiger partial charge in [0.15, 0.2) is 0 Å². The van der Waals surface area contributed by atoms with Crippen LogP contribution in [0, 0.1) is 11.8 Å². The molecule has 1 aromatic carbocycles. The summed E-state index contributed by atoms with van der Waals surface area (Å²) in [7, 11) is 0. The van der Waals surface area contributed by atoms with Crippen molar-refractivity contribution in [2.75, 3.05) is 10.6 Å². The lowest BCUT2D eigenvalue weighted by atomic mass is 10.0. The number of aryl methyl sites for hydroxylation is 1. The molecule has 3 N–H and O–H groups in total. The van der Waals surface area contributed by atoms with Gasteiger partial charge in [-0.15, -0.1) is 0 Å². The molecule has 20 heavy (non-hydrogen) atoms. The van der Waals surface area contributed by atoms with Crippen LogP contribution < -0.4 is 10.6 Å². The first-order valence-electron chi connectivity index (χ1n) is 6.51. The van der Waals surface area contributed by atoms with Crippen molar-refractivity contribution >= 4 is 29.2 Å². The highest BCUT2D eigenvalue weighted by Gasteiger charge is 2.48. The number of carboxylic acids is 1. The van der Waals surface area contributed by atoms with Crippen molar-refractivity contribution in [3.8, 4) is 0 Å². The zero-order chi connectivity index (χ0) is 14.3. The van der Waals surface area contributed by atoms with E-state index in [1.165, 1.54) is 0 Å². The van der Waals surface area contributed by atoms with E-state index in [9.17, 15) is 14.4 Å². The number of rotatable bonds is 3. The standard InChI is InChI=1S/C14H14N2O4/c17-12-4-1-7-5-8(2-3-11(7)16-12)15-13(18)9-6-10(9)14(19)20/h2-3,5,9-10H,1,4,6H2,(H,15,18)(H,16,17)(H,19,20). The zero-order valence-corrected chi connectivity index (χ0v) is 10.7. The molecule has 1 fully saturated rings. The first kappa shape index (κ1) is 12.7. The summed E-state index contributed by atoms with van der Waals surface area (Å²) in [6.45, 7) is 0. The molecule has 3 rings (SSSR count). The van der Waals surface area contributed by atoms with Crippen molar-refractivity contribution in [3.05, 3.63) is 23.8 Å². The predicted octanol–water partition coefficient (Wildman–Crippen LogP) is 1.23. The number of amides is 2. The molecule has 0 saturated heterocycles. The summed E-state index contributed by atoms with van der Waals surface area (Å²) in [6, 6.07) is 5.29. The van der Waals surface area contributed by atoms with Crippen LogP contribution in [0.1, 0.15) is 18.4 Å². The lowest BCUT2D eigenvalue weighted by molar-refractivity contribution is -0.139. The van der Waals surface area contributed by atoms with Crippen molar-refractivity contribution in [2.24, 2.45) is 11.8 Å². The highest BCUT2D eigenvalue weighted by Crippen LogP contribution is 2.39. The van der Waals surface area contributed by atoms with Crippen molar-refractivity contribution < 1.29 is 19.5 Å². The van der Waals surface area contributed by atoms with Gasteiger partial charge in [-0.1, -0.05) is 0 Å². The summed E-state index contributed by atoms with van der Waals surface area (Å²) in [4.78, 5) is 33.8. The van der Waals surface area contributed by atoms with Gasteiger partial charge in [0.05, 0.1) is 11.8 Å². The number of fused-ring (bicyclic) bond motifs is 1. The lowest BCUT2D eigenvalue weighted by Gasteiger charge is -2.17. The molecule has 2 unspecified atom stereocenters. The van der Waals surface area contributed by atoms with Crippen LogP contribution in [-0.4, -0.2) is 22.9 Å². The van der Waals surface area contributed by atoms with E-state index in [2.05, 4.69) is 10.6 Å². The van der Waals surface area contributed by atoms with Crippen molar-refractivity contribution in [2.45, 2.75) is 19.3 Å². The molecule has 6 nitrogen and oxygen atoms in total. The van der Waals surface area contributed by atoms with Gasteiger partial charge in [-0.05, 0) is 36.6 Å². The predicted molar refractivity (Wildman–Crippen MR) is 71.3 cm³/mol. The molecule has 0 aromatic heterocycles.